The van der Waals surface area contributed by atoms with Crippen LogP contribution in [0.3, 0.4) is 0 Å². The fourth-order valence-electron chi connectivity index (χ4n) is 1.14. The molecule has 0 aliphatic carbocycles. The second-order valence-corrected chi connectivity index (χ2v) is 3.82. The van der Waals surface area contributed by atoms with Crippen LogP contribution in [0.4, 0.5) is 13.2 Å². The average Bonchev–Trinajstić information content (AvgIpc) is 2.35. The zero-order valence-corrected chi connectivity index (χ0v) is 10.3. The Kier molecular flexibility index (Phi) is 4.95. The first-order valence-corrected chi connectivity index (χ1v) is 5.42. The van der Waals surface area contributed by atoms with Gasteiger partial charge in [-0.3, -0.25) is 0 Å². The minimum atomic E-state index is -4.64. The van der Waals surface area contributed by atoms with Crippen molar-refractivity contribution in [2.75, 3.05) is 6.61 Å². The van der Waals surface area contributed by atoms with Crippen molar-refractivity contribution in [3.8, 4) is 5.75 Å². The number of carbonyl (C=O) groups excluding carboxylic acids is 2. The van der Waals surface area contributed by atoms with Crippen molar-refractivity contribution < 1.29 is 37.3 Å². The number of phenolic OH excluding ortho intramolecular Hbond substituents is 1. The van der Waals surface area contributed by atoms with Crippen LogP contribution < -0.4 is 0 Å². The Labute approximate surface area is 111 Å². The molecule has 0 aromatic heterocycles. The van der Waals surface area contributed by atoms with Gasteiger partial charge < -0.3 is 14.6 Å². The van der Waals surface area contributed by atoms with Crippen LogP contribution >= 0.6 is 0 Å². The van der Waals surface area contributed by atoms with Crippen LogP contribution in [0.5, 0.6) is 5.75 Å². The number of hydrogen-bond donors (Lipinski definition) is 1. The first-order chi connectivity index (χ1) is 9.19. The van der Waals surface area contributed by atoms with E-state index in [2.05, 4.69) is 9.47 Å². The Hall–Kier alpha value is -2.25. The second-order valence-electron chi connectivity index (χ2n) is 3.82. The number of benzene rings is 1. The molecule has 1 rings (SSSR count). The van der Waals surface area contributed by atoms with Gasteiger partial charge in [0.25, 0.3) is 0 Å². The monoisotopic (exact) mass is 292 g/mol. The van der Waals surface area contributed by atoms with Gasteiger partial charge in [0.1, 0.15) is 5.75 Å². The number of rotatable bonds is 4. The molecular weight excluding hydrogens is 281 g/mol. The normalized spacial score (nSPS) is 12.6. The summed E-state index contributed by atoms with van der Waals surface area (Å²) in [6, 6.07) is 4.93. The van der Waals surface area contributed by atoms with Gasteiger partial charge in [-0.15, -0.1) is 0 Å². The van der Waals surface area contributed by atoms with Crippen LogP contribution in [0.1, 0.15) is 17.3 Å². The third-order valence-electron chi connectivity index (χ3n) is 2.10. The highest BCUT2D eigenvalue weighted by atomic mass is 19.4. The molecule has 0 heterocycles. The first-order valence-electron chi connectivity index (χ1n) is 5.42. The SMILES string of the molecule is C[C@@H](OC(=O)c1ccc(O)cc1)C(=O)OCC(F)(F)F. The predicted molar refractivity (Wildman–Crippen MR) is 60.0 cm³/mol. The molecule has 0 amide bonds. The van der Waals surface area contributed by atoms with Crippen LogP contribution in [0.2, 0.25) is 0 Å². The van der Waals surface area contributed by atoms with Gasteiger partial charge in [-0.25, -0.2) is 9.59 Å². The molecule has 0 aliphatic rings. The first kappa shape index (κ1) is 15.8. The fourth-order valence-corrected chi connectivity index (χ4v) is 1.14. The van der Waals surface area contributed by atoms with Crippen LogP contribution in [0.25, 0.3) is 0 Å². The van der Waals surface area contributed by atoms with Gasteiger partial charge in [-0.1, -0.05) is 0 Å². The van der Waals surface area contributed by atoms with Gasteiger partial charge in [-0.05, 0) is 31.2 Å². The van der Waals surface area contributed by atoms with E-state index in [-0.39, 0.29) is 11.3 Å². The number of hydrogen-bond acceptors (Lipinski definition) is 5. The molecule has 0 unspecified atom stereocenters. The van der Waals surface area contributed by atoms with Crippen molar-refractivity contribution in [2.24, 2.45) is 0 Å². The predicted octanol–water partition coefficient (Wildman–Crippen LogP) is 2.04. The van der Waals surface area contributed by atoms with Gasteiger partial charge in [0.15, 0.2) is 12.7 Å². The van der Waals surface area contributed by atoms with Crippen LogP contribution in [-0.2, 0) is 14.3 Å². The van der Waals surface area contributed by atoms with Crippen molar-refractivity contribution in [1.82, 2.24) is 0 Å². The van der Waals surface area contributed by atoms with E-state index in [0.29, 0.717) is 0 Å². The maximum atomic E-state index is 11.8. The van der Waals surface area contributed by atoms with Crippen molar-refractivity contribution in [2.45, 2.75) is 19.2 Å². The second kappa shape index (κ2) is 6.27. The summed E-state index contributed by atoms with van der Waals surface area (Å²) in [6.07, 6.45) is -6.12. The third kappa shape index (κ3) is 5.17. The average molecular weight is 292 g/mol. The van der Waals surface area contributed by atoms with Gasteiger partial charge in [0, 0.05) is 0 Å². The molecule has 1 atom stereocenters. The summed E-state index contributed by atoms with van der Waals surface area (Å²) in [5.41, 5.74) is 0.0401. The summed E-state index contributed by atoms with van der Waals surface area (Å²) in [5, 5.41) is 9.02. The van der Waals surface area contributed by atoms with Gasteiger partial charge >= 0.3 is 18.1 Å². The van der Waals surface area contributed by atoms with Crippen LogP contribution in [-0.4, -0.2) is 35.9 Å². The Morgan fingerprint density at radius 2 is 1.80 bits per heavy atom. The summed E-state index contributed by atoms with van der Waals surface area (Å²) < 4.78 is 44.1. The number of carbonyl (C=O) groups is 2. The molecular formula is C12H11F3O5. The molecule has 110 valence electrons. The van der Waals surface area contributed by atoms with Crippen LogP contribution in [0.15, 0.2) is 24.3 Å². The Balaban J connectivity index is 2.53. The highest BCUT2D eigenvalue weighted by molar-refractivity contribution is 5.91. The quantitative estimate of drug-likeness (QED) is 0.860. The van der Waals surface area contributed by atoms with E-state index in [9.17, 15) is 22.8 Å². The third-order valence-corrected chi connectivity index (χ3v) is 2.10. The molecule has 20 heavy (non-hydrogen) atoms. The van der Waals surface area contributed by atoms with Crippen molar-refractivity contribution in [1.29, 1.82) is 0 Å². The number of ether oxygens (including phenoxy) is 2. The van der Waals surface area contributed by atoms with Crippen LogP contribution in [0, 0.1) is 0 Å². The molecule has 1 aromatic rings. The van der Waals surface area contributed by atoms with E-state index < -0.39 is 30.8 Å². The molecule has 0 fully saturated rings. The van der Waals surface area contributed by atoms with Gasteiger partial charge in [-0.2, -0.15) is 13.2 Å². The summed E-state index contributed by atoms with van der Waals surface area (Å²) in [7, 11) is 0. The molecule has 0 bridgehead atoms. The maximum Gasteiger partial charge on any atom is 0.422 e. The lowest BCUT2D eigenvalue weighted by atomic mass is 10.2. The van der Waals surface area contributed by atoms with Gasteiger partial charge in [0.2, 0.25) is 0 Å². The molecule has 8 heteroatoms. The number of halogens is 3. The van der Waals surface area contributed by atoms with Crippen molar-refractivity contribution in [3.05, 3.63) is 29.8 Å². The number of aromatic hydroxyl groups is 1. The van der Waals surface area contributed by atoms with E-state index in [1.165, 1.54) is 24.3 Å². The zero-order valence-electron chi connectivity index (χ0n) is 10.3. The minimum absolute atomic E-state index is 0.0401. The highest BCUT2D eigenvalue weighted by Crippen LogP contribution is 2.15. The van der Waals surface area contributed by atoms with E-state index >= 15 is 0 Å². The highest BCUT2D eigenvalue weighted by Gasteiger charge is 2.31. The summed E-state index contributed by atoms with van der Waals surface area (Å²) in [5.74, 6) is -2.28. The zero-order chi connectivity index (χ0) is 15.3. The van der Waals surface area contributed by atoms with Crippen molar-refractivity contribution >= 4 is 11.9 Å². The van der Waals surface area contributed by atoms with E-state index in [1.807, 2.05) is 0 Å². The van der Waals surface area contributed by atoms with E-state index in [4.69, 9.17) is 5.11 Å². The lowest BCUT2D eigenvalue weighted by Crippen LogP contribution is -2.30. The minimum Gasteiger partial charge on any atom is -0.508 e. The number of esters is 2. The lowest BCUT2D eigenvalue weighted by Gasteiger charge is -2.13. The maximum absolute atomic E-state index is 11.8. The molecule has 0 radical (unpaired) electrons. The summed E-state index contributed by atoms with van der Waals surface area (Å²) in [4.78, 5) is 22.7. The topological polar surface area (TPSA) is 72.8 Å². The lowest BCUT2D eigenvalue weighted by molar-refractivity contribution is -0.191. The smallest absolute Gasteiger partial charge is 0.422 e. The number of phenols is 1. The largest absolute Gasteiger partial charge is 0.508 e. The Morgan fingerprint density at radius 1 is 1.25 bits per heavy atom. The summed E-state index contributed by atoms with van der Waals surface area (Å²) >= 11 is 0. The molecule has 5 nitrogen and oxygen atoms in total. The van der Waals surface area contributed by atoms with Gasteiger partial charge in [0.05, 0.1) is 5.56 Å². The fraction of sp³-hybridized carbons (Fsp3) is 0.333. The molecule has 0 saturated carbocycles. The Morgan fingerprint density at radius 3 is 2.30 bits per heavy atom. The molecule has 0 saturated heterocycles. The standard InChI is InChI=1S/C12H11F3O5/c1-7(10(17)19-6-12(13,14)15)20-11(18)8-2-4-9(16)5-3-8/h2-5,7,16H,6H2,1H3/t7-/m1/s1. The Bertz CT molecular complexity index is 481. The molecule has 0 spiro atoms. The van der Waals surface area contributed by atoms with E-state index in [1.54, 1.807) is 0 Å². The molecule has 1 N–H and O–H groups in total. The van der Waals surface area contributed by atoms with E-state index in [0.717, 1.165) is 6.92 Å². The molecule has 0 aliphatic heterocycles. The van der Waals surface area contributed by atoms with Crippen molar-refractivity contribution in [3.63, 3.8) is 0 Å². The number of alkyl halides is 3. The molecule has 1 aromatic carbocycles. The summed E-state index contributed by atoms with van der Waals surface area (Å²) in [6.45, 7) is -0.649.